The van der Waals surface area contributed by atoms with Gasteiger partial charge in [-0.15, -0.1) is 0 Å². The Bertz CT molecular complexity index is 4080. The minimum absolute atomic E-state index is 0.691. The van der Waals surface area contributed by atoms with E-state index in [1.165, 1.54) is 37.9 Å². The molecule has 0 unspecified atom stereocenters. The van der Waals surface area contributed by atoms with Gasteiger partial charge in [-0.2, -0.15) is 132 Å². The van der Waals surface area contributed by atoms with Gasteiger partial charge < -0.3 is 4.74 Å². The number of alkyl halides is 24. The number of hydrogen-bond donors (Lipinski definition) is 0. The summed E-state index contributed by atoms with van der Waals surface area (Å²) >= 11 is 0. The maximum atomic E-state index is 14.2. The number of benzene rings is 10. The lowest BCUT2D eigenvalue weighted by molar-refractivity contribution is -0.690. The van der Waals surface area contributed by atoms with Crippen molar-refractivity contribution in [1.29, 1.82) is 0 Å². The molecule has 0 atom stereocenters. The average molecular weight is 1300 g/mol. The Balaban J connectivity index is 0.000000224. The Morgan fingerprint density at radius 2 is 0.604 bits per heavy atom. The number of ether oxygens (including phenoxy) is 1. The summed E-state index contributed by atoms with van der Waals surface area (Å²) in [5.74, 6) is 1.74. The van der Waals surface area contributed by atoms with Gasteiger partial charge >= 0.3 is 55.3 Å². The second kappa shape index (κ2) is 22.6. The van der Waals surface area contributed by atoms with Gasteiger partial charge in [-0.3, -0.25) is 0 Å². The first-order chi connectivity index (χ1) is 42.1. The van der Waals surface area contributed by atoms with E-state index in [4.69, 9.17) is 4.74 Å². The lowest BCUT2D eigenvalue weighted by atomic mass is 9.12. The van der Waals surface area contributed by atoms with Crippen molar-refractivity contribution in [1.82, 2.24) is 0 Å². The molecule has 472 valence electrons. The summed E-state index contributed by atoms with van der Waals surface area (Å²) in [5.41, 5.74) is -29.0. The first-order valence-corrected chi connectivity index (χ1v) is 26.3. The van der Waals surface area contributed by atoms with Gasteiger partial charge in [0, 0.05) is 22.4 Å². The van der Waals surface area contributed by atoms with Gasteiger partial charge in [-0.1, -0.05) is 140 Å². The number of halogens is 24. The molecule has 2 nitrogen and oxygen atoms in total. The van der Waals surface area contributed by atoms with Crippen LogP contribution in [0, 0.1) is 0 Å². The number of nitrogens with zero attached hydrogens (tertiary/aromatic N) is 1. The molecule has 0 aliphatic rings. The fourth-order valence-corrected chi connectivity index (χ4v) is 11.2. The fraction of sp³-hybridized carbons (Fsp3) is 0.141. The molecule has 27 heteroatoms. The van der Waals surface area contributed by atoms with E-state index in [-0.39, 0.29) is 0 Å². The SMILES string of the molecule is FC(F)(F)c1cc([B-](c2cc(C(F)(F)F)cc(C(F)(F)F)c2)(c2cc(C(F)(F)F)cc(C(F)(F)F)c2)c2cc(C(F)(F)F)cc(C(F)(F)F)c2)cc(C(F)(F)F)c1.c1ccc(C[n+]2ccc3ccccc3c2Oc2ccc3ccc4cccc5ccc2c3c45)cc1. The molecule has 0 saturated carbocycles. The molecule has 0 radical (unpaired) electrons. The zero-order valence-electron chi connectivity index (χ0n) is 45.2. The Kier molecular flexibility index (Phi) is 16.1. The quantitative estimate of drug-likeness (QED) is 0.0640. The highest BCUT2D eigenvalue weighted by Crippen LogP contribution is 2.44. The first kappa shape index (κ1) is 64.8. The van der Waals surface area contributed by atoms with E-state index in [0.29, 0.717) is 0 Å². The van der Waals surface area contributed by atoms with Crippen molar-refractivity contribution in [3.05, 3.63) is 244 Å². The van der Waals surface area contributed by atoms with Crippen LogP contribution in [0.1, 0.15) is 50.1 Å². The summed E-state index contributed by atoms with van der Waals surface area (Å²) in [6.45, 7) is 0.743. The highest BCUT2D eigenvalue weighted by atomic mass is 19.4. The number of pyridine rings is 1. The van der Waals surface area contributed by atoms with Gasteiger partial charge in [-0.25, -0.2) is 0 Å². The van der Waals surface area contributed by atoms with Crippen molar-refractivity contribution in [2.24, 2.45) is 0 Å². The molecular formula is C64H34BF24NO. The van der Waals surface area contributed by atoms with E-state index in [1.807, 2.05) is 0 Å². The summed E-state index contributed by atoms with van der Waals surface area (Å²) < 4.78 is 350. The van der Waals surface area contributed by atoms with Crippen molar-refractivity contribution >= 4 is 71.1 Å². The zero-order valence-corrected chi connectivity index (χ0v) is 45.2. The predicted molar refractivity (Wildman–Crippen MR) is 290 cm³/mol. The smallest absolute Gasteiger partial charge is 0.404 e. The molecule has 0 aliphatic carbocycles. The fourth-order valence-electron chi connectivity index (χ4n) is 11.2. The monoisotopic (exact) mass is 1300 g/mol. The number of fused-ring (bicyclic) bond motifs is 1. The van der Waals surface area contributed by atoms with Gasteiger partial charge in [0.15, 0.2) is 12.7 Å². The maximum absolute atomic E-state index is 14.2. The molecule has 0 saturated heterocycles. The van der Waals surface area contributed by atoms with E-state index in [1.54, 1.807) is 0 Å². The molecule has 0 bridgehead atoms. The van der Waals surface area contributed by atoms with Crippen LogP contribution in [0.4, 0.5) is 105 Å². The van der Waals surface area contributed by atoms with Crippen molar-refractivity contribution in [2.45, 2.75) is 56.0 Å². The van der Waals surface area contributed by atoms with E-state index < -0.39 is 195 Å². The van der Waals surface area contributed by atoms with E-state index in [2.05, 4.69) is 126 Å². The van der Waals surface area contributed by atoms with Crippen LogP contribution in [-0.2, 0) is 56.0 Å². The van der Waals surface area contributed by atoms with Crippen molar-refractivity contribution in [3.63, 3.8) is 0 Å². The summed E-state index contributed by atoms with van der Waals surface area (Å²) in [5, 5.41) is 9.74. The Morgan fingerprint density at radius 1 is 0.286 bits per heavy atom. The van der Waals surface area contributed by atoms with Crippen LogP contribution in [-0.4, -0.2) is 6.15 Å². The van der Waals surface area contributed by atoms with Gasteiger partial charge in [-0.05, 0) is 69.4 Å². The maximum Gasteiger partial charge on any atom is 0.416 e. The molecule has 0 amide bonds. The number of aromatic nitrogens is 1. The second-order valence-electron chi connectivity index (χ2n) is 21.1. The molecule has 0 aliphatic heterocycles. The highest BCUT2D eigenvalue weighted by molar-refractivity contribution is 7.20. The Morgan fingerprint density at radius 3 is 0.978 bits per heavy atom. The zero-order chi connectivity index (χ0) is 66.4. The van der Waals surface area contributed by atoms with E-state index >= 15 is 0 Å². The normalized spacial score (nSPS) is 13.3. The number of rotatable bonds is 8. The Labute approximate surface area is 496 Å². The third-order valence-corrected chi connectivity index (χ3v) is 15.2. The summed E-state index contributed by atoms with van der Waals surface area (Å²) in [6, 6.07) is 31.9. The molecule has 11 aromatic rings. The molecule has 0 spiro atoms. The van der Waals surface area contributed by atoms with Crippen molar-refractivity contribution < 1.29 is 115 Å². The average Bonchev–Trinajstić information content (AvgIpc) is 0.749. The molecule has 1 aromatic heterocycles. The standard InChI is InChI=1S/C32H12BF24.C32H22NO/c34-25(35,36)13-1-14(26(37,38)39)6-21(5-13)33(22-7-15(27(40,41)42)2-16(8-22)28(43,44)45,23-9-17(29(46,47)48)3-18(10-23)30(49,50)51)24-11-19(31(52,53)54)4-20(12-24)32(55,56)57;1-2-7-22(8-3-1)21-33-20-19-23-9-4-5-12-27(23)32(33)34-29-18-16-26-14-13-24-10-6-11-25-15-17-28(29)31(26)30(24)25/h1-12H;1-20H,21H2/q-1;+1. The minimum atomic E-state index is -6.13. The lowest BCUT2D eigenvalue weighted by Crippen LogP contribution is -2.75. The molecule has 0 fully saturated rings. The van der Waals surface area contributed by atoms with Crippen LogP contribution in [0.25, 0.3) is 43.1 Å². The molecular weight excluding hydrogens is 1270 g/mol. The van der Waals surface area contributed by atoms with Crippen LogP contribution in [0.2, 0.25) is 0 Å². The largest absolute Gasteiger partial charge is 0.416 e. The van der Waals surface area contributed by atoms with Crippen LogP contribution < -0.4 is 31.2 Å². The predicted octanol–water partition coefficient (Wildman–Crippen LogP) is 19.1. The third-order valence-electron chi connectivity index (χ3n) is 15.2. The van der Waals surface area contributed by atoms with Crippen molar-refractivity contribution in [2.75, 3.05) is 0 Å². The topological polar surface area (TPSA) is 13.1 Å². The summed E-state index contributed by atoms with van der Waals surface area (Å²) in [7, 11) is 0. The van der Waals surface area contributed by atoms with E-state index in [0.717, 1.165) is 28.9 Å². The first-order valence-electron chi connectivity index (χ1n) is 26.3. The van der Waals surface area contributed by atoms with Crippen LogP contribution in [0.3, 0.4) is 0 Å². The van der Waals surface area contributed by atoms with E-state index in [9.17, 15) is 105 Å². The Hall–Kier alpha value is -9.17. The molecule has 0 N–H and O–H groups in total. The summed E-state index contributed by atoms with van der Waals surface area (Å²) in [6.07, 6.45) is -52.7. The van der Waals surface area contributed by atoms with Gasteiger partial charge in [0.1, 0.15) is 11.9 Å². The molecule has 1 heterocycles. The molecule has 10 aromatic carbocycles. The van der Waals surface area contributed by atoms with Gasteiger partial charge in [0.25, 0.3) is 0 Å². The molecule has 91 heavy (non-hydrogen) atoms. The van der Waals surface area contributed by atoms with Gasteiger partial charge in [0.2, 0.25) is 0 Å². The second-order valence-corrected chi connectivity index (χ2v) is 21.1. The highest BCUT2D eigenvalue weighted by Gasteiger charge is 2.47. The van der Waals surface area contributed by atoms with Gasteiger partial charge in [0.05, 0.1) is 49.9 Å². The third kappa shape index (κ3) is 13.1. The summed E-state index contributed by atoms with van der Waals surface area (Å²) in [4.78, 5) is 0. The van der Waals surface area contributed by atoms with Crippen LogP contribution >= 0.6 is 0 Å². The lowest BCUT2D eigenvalue weighted by Gasteiger charge is -2.46. The number of hydrogen-bond acceptors (Lipinski definition) is 1. The van der Waals surface area contributed by atoms with Crippen molar-refractivity contribution in [3.8, 4) is 11.6 Å². The van der Waals surface area contributed by atoms with Crippen LogP contribution in [0.15, 0.2) is 194 Å². The molecule has 11 rings (SSSR count). The minimum Gasteiger partial charge on any atom is -0.404 e. The van der Waals surface area contributed by atoms with Crippen LogP contribution in [0.5, 0.6) is 11.6 Å².